The molecule has 0 radical (unpaired) electrons. The molecule has 7 nitrogen and oxygen atoms in total. The Kier molecular flexibility index (Phi) is 7.25. The number of carboxylic acids is 1. The van der Waals surface area contributed by atoms with Crippen LogP contribution in [0.1, 0.15) is 70.4 Å². The predicted octanol–water partition coefficient (Wildman–Crippen LogP) is 4.75. The fourth-order valence-electron chi connectivity index (χ4n) is 5.93. The topological polar surface area (TPSA) is 87.2 Å². The van der Waals surface area contributed by atoms with Gasteiger partial charge in [-0.05, 0) is 87.5 Å². The van der Waals surface area contributed by atoms with Crippen LogP contribution in [0.3, 0.4) is 0 Å². The lowest BCUT2D eigenvalue weighted by Crippen LogP contribution is -2.49. The minimum absolute atomic E-state index is 0.0470. The highest BCUT2D eigenvalue weighted by Crippen LogP contribution is 2.43. The number of nitrogens with zero attached hydrogens (tertiary/aromatic N) is 2. The van der Waals surface area contributed by atoms with Crippen LogP contribution in [0.15, 0.2) is 29.8 Å². The van der Waals surface area contributed by atoms with Crippen LogP contribution >= 0.6 is 0 Å². The monoisotopic (exact) mass is 482 g/mol. The third-order valence-corrected chi connectivity index (χ3v) is 7.58. The van der Waals surface area contributed by atoms with Crippen molar-refractivity contribution in [3.05, 3.63) is 41.0 Å². The second-order valence-corrected chi connectivity index (χ2v) is 11.3. The molecule has 1 unspecified atom stereocenters. The van der Waals surface area contributed by atoms with Gasteiger partial charge in [0.15, 0.2) is 0 Å². The molecular weight excluding hydrogens is 444 g/mol. The molecule has 1 saturated carbocycles. The van der Waals surface area contributed by atoms with E-state index in [1.807, 2.05) is 37.8 Å². The van der Waals surface area contributed by atoms with E-state index in [0.717, 1.165) is 44.1 Å². The molecule has 1 atom stereocenters. The Balaban J connectivity index is 1.38. The minimum Gasteiger partial charge on any atom is -0.481 e. The van der Waals surface area contributed by atoms with E-state index in [2.05, 4.69) is 12.1 Å². The molecule has 3 aliphatic rings. The summed E-state index contributed by atoms with van der Waals surface area (Å²) in [5.74, 6) is -0.518. The Morgan fingerprint density at radius 1 is 1.11 bits per heavy atom. The van der Waals surface area contributed by atoms with E-state index in [-0.39, 0.29) is 30.4 Å². The van der Waals surface area contributed by atoms with E-state index in [4.69, 9.17) is 4.74 Å². The van der Waals surface area contributed by atoms with Crippen molar-refractivity contribution in [3.8, 4) is 0 Å². The zero-order chi connectivity index (χ0) is 25.3. The van der Waals surface area contributed by atoms with Gasteiger partial charge in [-0.3, -0.25) is 9.59 Å². The lowest BCUT2D eigenvalue weighted by molar-refractivity contribution is -0.142. The first-order chi connectivity index (χ1) is 16.5. The standard InChI is InChI=1S/C28H38N2O5/c1-28(2,3)35-27(34)29(4)17-18-9-11-19(12-10-18)26(33)30-14-13-22-21-8-6-5-7-20(21)15-23(22)24(30)16-25(31)32/h5-8,18-19,24H,9-17H2,1-4H3,(H,31,32). The number of hydrogen-bond donors (Lipinski definition) is 1. The second kappa shape index (κ2) is 10.0. The maximum atomic E-state index is 13.6. The quantitative estimate of drug-likeness (QED) is 0.655. The van der Waals surface area contributed by atoms with Crippen LogP contribution in [0.4, 0.5) is 4.79 Å². The fourth-order valence-corrected chi connectivity index (χ4v) is 5.93. The molecule has 0 bridgehead atoms. The Bertz CT molecular complexity index is 1020. The van der Waals surface area contributed by atoms with Crippen LogP contribution in [0.2, 0.25) is 0 Å². The normalized spacial score (nSPS) is 24.0. The molecule has 2 amide bonds. The molecule has 1 N–H and O–H groups in total. The van der Waals surface area contributed by atoms with Gasteiger partial charge in [0, 0.05) is 26.1 Å². The Labute approximate surface area is 208 Å². The zero-order valence-electron chi connectivity index (χ0n) is 21.4. The Morgan fingerprint density at radius 3 is 2.46 bits per heavy atom. The second-order valence-electron chi connectivity index (χ2n) is 11.3. The summed E-state index contributed by atoms with van der Waals surface area (Å²) in [6.07, 6.45) is 4.45. The fraction of sp³-hybridized carbons (Fsp3) is 0.607. The average Bonchev–Trinajstić information content (AvgIpc) is 3.17. The molecule has 190 valence electrons. The summed E-state index contributed by atoms with van der Waals surface area (Å²) >= 11 is 0. The number of carbonyl (C=O) groups is 3. The molecule has 1 aromatic carbocycles. The first kappa shape index (κ1) is 25.3. The van der Waals surface area contributed by atoms with Crippen molar-refractivity contribution < 1.29 is 24.2 Å². The number of rotatable bonds is 5. The third kappa shape index (κ3) is 5.71. The maximum Gasteiger partial charge on any atom is 0.410 e. The van der Waals surface area contributed by atoms with Crippen LogP contribution in [0, 0.1) is 11.8 Å². The molecule has 2 aliphatic carbocycles. The van der Waals surface area contributed by atoms with Crippen LogP contribution in [0.25, 0.3) is 5.57 Å². The highest BCUT2D eigenvalue weighted by molar-refractivity contribution is 5.85. The Morgan fingerprint density at radius 2 is 1.80 bits per heavy atom. The number of aliphatic carboxylic acids is 1. The van der Waals surface area contributed by atoms with Crippen molar-refractivity contribution in [1.82, 2.24) is 9.80 Å². The van der Waals surface area contributed by atoms with Crippen LogP contribution in [-0.4, -0.2) is 64.7 Å². The van der Waals surface area contributed by atoms with Gasteiger partial charge in [0.2, 0.25) is 5.91 Å². The summed E-state index contributed by atoms with van der Waals surface area (Å²) in [5, 5.41) is 9.64. The van der Waals surface area contributed by atoms with E-state index < -0.39 is 11.6 Å². The van der Waals surface area contributed by atoms with Crippen LogP contribution in [0.5, 0.6) is 0 Å². The van der Waals surface area contributed by atoms with Crippen molar-refractivity contribution in [1.29, 1.82) is 0 Å². The minimum atomic E-state index is -0.869. The number of amides is 2. The summed E-state index contributed by atoms with van der Waals surface area (Å²) < 4.78 is 5.45. The molecule has 1 aromatic rings. The van der Waals surface area contributed by atoms with Crippen molar-refractivity contribution in [2.24, 2.45) is 11.8 Å². The van der Waals surface area contributed by atoms with Gasteiger partial charge in [0.05, 0.1) is 12.5 Å². The number of fused-ring (bicyclic) bond motifs is 2. The van der Waals surface area contributed by atoms with E-state index in [1.54, 1.807) is 11.9 Å². The summed E-state index contributed by atoms with van der Waals surface area (Å²) in [4.78, 5) is 41.2. The predicted molar refractivity (Wildman–Crippen MR) is 134 cm³/mol. The smallest absolute Gasteiger partial charge is 0.410 e. The van der Waals surface area contributed by atoms with Gasteiger partial charge in [0.25, 0.3) is 0 Å². The molecule has 1 fully saturated rings. The molecule has 0 aromatic heterocycles. The van der Waals surface area contributed by atoms with Gasteiger partial charge in [-0.25, -0.2) is 4.79 Å². The number of ether oxygens (including phenoxy) is 1. The largest absolute Gasteiger partial charge is 0.481 e. The number of carboxylic acid groups (broad SMARTS) is 1. The van der Waals surface area contributed by atoms with Crippen LogP contribution in [-0.2, 0) is 20.7 Å². The first-order valence-corrected chi connectivity index (χ1v) is 12.8. The lowest BCUT2D eigenvalue weighted by atomic mass is 9.80. The maximum absolute atomic E-state index is 13.6. The van der Waals surface area contributed by atoms with Gasteiger partial charge in [-0.1, -0.05) is 24.3 Å². The molecule has 0 saturated heterocycles. The van der Waals surface area contributed by atoms with Gasteiger partial charge >= 0.3 is 12.1 Å². The van der Waals surface area contributed by atoms with Crippen molar-refractivity contribution in [2.75, 3.05) is 20.1 Å². The zero-order valence-corrected chi connectivity index (χ0v) is 21.4. The van der Waals surface area contributed by atoms with Crippen molar-refractivity contribution in [2.45, 2.75) is 77.4 Å². The van der Waals surface area contributed by atoms with Crippen molar-refractivity contribution in [3.63, 3.8) is 0 Å². The molecule has 4 rings (SSSR count). The summed E-state index contributed by atoms with van der Waals surface area (Å²) in [6, 6.07) is 7.89. The average molecular weight is 483 g/mol. The molecular formula is C28H38N2O5. The van der Waals surface area contributed by atoms with Crippen LogP contribution < -0.4 is 0 Å². The van der Waals surface area contributed by atoms with Gasteiger partial charge in [-0.15, -0.1) is 0 Å². The summed E-state index contributed by atoms with van der Waals surface area (Å²) in [5.41, 5.74) is 4.29. The van der Waals surface area contributed by atoms with Gasteiger partial charge in [0.1, 0.15) is 5.60 Å². The summed E-state index contributed by atoms with van der Waals surface area (Å²) in [6.45, 7) is 6.77. The molecule has 0 spiro atoms. The third-order valence-electron chi connectivity index (χ3n) is 7.58. The highest BCUT2D eigenvalue weighted by atomic mass is 16.6. The van der Waals surface area contributed by atoms with Gasteiger partial charge in [-0.2, -0.15) is 0 Å². The molecule has 7 heteroatoms. The molecule has 1 aliphatic heterocycles. The molecule has 1 heterocycles. The SMILES string of the molecule is CN(CC1CCC(C(=O)N2CCC3=C(Cc4ccccc43)C2CC(=O)O)CC1)C(=O)OC(C)(C)C. The highest BCUT2D eigenvalue weighted by Gasteiger charge is 2.40. The van der Waals surface area contributed by atoms with E-state index in [1.165, 1.54) is 16.7 Å². The van der Waals surface area contributed by atoms with E-state index in [0.29, 0.717) is 19.0 Å². The lowest BCUT2D eigenvalue weighted by Gasteiger charge is -2.40. The van der Waals surface area contributed by atoms with Crippen molar-refractivity contribution >= 4 is 23.5 Å². The Hall–Kier alpha value is -2.83. The van der Waals surface area contributed by atoms with Gasteiger partial charge < -0.3 is 19.6 Å². The van der Waals surface area contributed by atoms with E-state index in [9.17, 15) is 19.5 Å². The number of carbonyl (C=O) groups excluding carboxylic acids is 2. The molecule has 35 heavy (non-hydrogen) atoms. The first-order valence-electron chi connectivity index (χ1n) is 12.8. The number of benzene rings is 1. The summed E-state index contributed by atoms with van der Waals surface area (Å²) in [7, 11) is 1.76. The number of hydrogen-bond acceptors (Lipinski definition) is 4. The van der Waals surface area contributed by atoms with E-state index >= 15 is 0 Å².